The molecule has 0 radical (unpaired) electrons. The van der Waals surface area contributed by atoms with Crippen LogP contribution in [0.5, 0.6) is 0 Å². The minimum atomic E-state index is -4.67. The maximum atomic E-state index is 9.98. The summed E-state index contributed by atoms with van der Waals surface area (Å²) in [5.41, 5.74) is 0. The van der Waals surface area contributed by atoms with E-state index in [9.17, 15) is 4.79 Å². The van der Waals surface area contributed by atoms with E-state index in [-0.39, 0.29) is 29.6 Å². The largest absolute Gasteiger partial charge is 1.00 e. The van der Waals surface area contributed by atoms with Crippen molar-refractivity contribution in [2.75, 3.05) is 0 Å². The van der Waals surface area contributed by atoms with Crippen molar-refractivity contribution in [2.24, 2.45) is 0 Å². The van der Waals surface area contributed by atoms with Crippen molar-refractivity contribution in [2.45, 2.75) is 96.8 Å². The number of hydrogen-bond donors (Lipinski definition) is 2. The summed E-state index contributed by atoms with van der Waals surface area (Å²) in [7, 11) is -4.67. The molecule has 0 rings (SSSR count). The Morgan fingerprint density at radius 3 is 1.22 bits per heavy atom. The molecule has 0 saturated heterocycles. The Labute approximate surface area is 164 Å². The predicted octanol–water partition coefficient (Wildman–Crippen LogP) is 1.93. The number of hydrogen-bond acceptors (Lipinski definition) is 3. The van der Waals surface area contributed by atoms with Crippen molar-refractivity contribution in [1.29, 1.82) is 0 Å². The molecule has 0 fully saturated rings. The Kier molecular flexibility index (Phi) is 27.8. The third-order valence-corrected chi connectivity index (χ3v) is 3.38. The van der Waals surface area contributed by atoms with E-state index in [1.54, 1.807) is 0 Å². The molecular formula is C16H33NaO5S. The van der Waals surface area contributed by atoms with Gasteiger partial charge in [-0.15, -0.1) is 0 Å². The molecule has 0 aromatic rings. The van der Waals surface area contributed by atoms with Gasteiger partial charge in [0.1, 0.15) is 0 Å². The quantitative estimate of drug-likeness (QED) is 0.214. The van der Waals surface area contributed by atoms with Gasteiger partial charge in [-0.1, -0.05) is 90.4 Å². The van der Waals surface area contributed by atoms with Crippen LogP contribution in [0.4, 0.5) is 0 Å². The van der Waals surface area contributed by atoms with Gasteiger partial charge in [0.15, 0.2) is 0 Å². The molecule has 0 aliphatic rings. The molecule has 0 aliphatic heterocycles. The summed E-state index contributed by atoms with van der Waals surface area (Å²) >= 11 is 0. The first-order valence-electron chi connectivity index (χ1n) is 8.46. The van der Waals surface area contributed by atoms with E-state index in [0.29, 0.717) is 6.42 Å². The zero-order valence-corrected chi connectivity index (χ0v) is 17.7. The van der Waals surface area contributed by atoms with Crippen molar-refractivity contribution in [3.05, 3.63) is 0 Å². The van der Waals surface area contributed by atoms with Crippen LogP contribution < -0.4 is 29.6 Å². The average Bonchev–Trinajstić information content (AvgIpc) is 2.42. The summed E-state index contributed by atoms with van der Waals surface area (Å²) in [6, 6.07) is 0. The van der Waals surface area contributed by atoms with Crippen LogP contribution in [0.1, 0.15) is 96.8 Å². The molecule has 2 N–H and O–H groups in total. The Morgan fingerprint density at radius 1 is 0.696 bits per heavy atom. The van der Waals surface area contributed by atoms with Crippen LogP contribution in [0.25, 0.3) is 0 Å². The van der Waals surface area contributed by atoms with Crippen LogP contribution in [-0.4, -0.2) is 23.8 Å². The van der Waals surface area contributed by atoms with E-state index in [1.165, 1.54) is 77.0 Å². The number of unbranched alkanes of at least 4 members (excludes halogenated alkanes) is 13. The Bertz CT molecular complexity index is 312. The molecule has 23 heavy (non-hydrogen) atoms. The molecule has 0 bridgehead atoms. The van der Waals surface area contributed by atoms with Crippen molar-refractivity contribution >= 4 is 16.7 Å². The minimum absolute atomic E-state index is 0. The maximum absolute atomic E-state index is 9.98. The normalized spacial score (nSPS) is 10.4. The van der Waals surface area contributed by atoms with E-state index in [0.717, 1.165) is 6.42 Å². The van der Waals surface area contributed by atoms with Gasteiger partial charge in [-0.2, -0.15) is 14.8 Å². The summed E-state index contributed by atoms with van der Waals surface area (Å²) in [5, 5.41) is 0. The van der Waals surface area contributed by atoms with Crippen LogP contribution in [0.15, 0.2) is 0 Å². The zero-order chi connectivity index (χ0) is 17.1. The predicted molar refractivity (Wildman–Crippen MR) is 90.2 cm³/mol. The van der Waals surface area contributed by atoms with Gasteiger partial charge in [-0.25, -0.2) is 0 Å². The monoisotopic (exact) mass is 360 g/mol. The molecule has 0 aliphatic carbocycles. The summed E-state index contributed by atoms with van der Waals surface area (Å²) < 4.78 is 31.6. The molecular weight excluding hydrogens is 327 g/mol. The fourth-order valence-electron chi connectivity index (χ4n) is 2.21. The Hall–Kier alpha value is 0.540. The van der Waals surface area contributed by atoms with Gasteiger partial charge in [0.2, 0.25) is 0 Å². The second-order valence-corrected chi connectivity index (χ2v) is 6.48. The van der Waals surface area contributed by atoms with E-state index in [4.69, 9.17) is 17.5 Å². The molecule has 0 heterocycles. The van der Waals surface area contributed by atoms with Crippen LogP contribution >= 0.6 is 0 Å². The zero-order valence-electron chi connectivity index (χ0n) is 14.9. The van der Waals surface area contributed by atoms with Gasteiger partial charge in [-0.05, 0) is 0 Å². The van der Waals surface area contributed by atoms with Gasteiger partial charge in [-0.3, -0.25) is 15.4 Å². The van der Waals surface area contributed by atoms with Crippen molar-refractivity contribution < 1.29 is 51.9 Å². The van der Waals surface area contributed by atoms with Crippen molar-refractivity contribution in [1.82, 2.24) is 0 Å². The van der Waals surface area contributed by atoms with Crippen LogP contribution in [-0.2, 0) is 15.2 Å². The molecule has 5 nitrogen and oxygen atoms in total. The second kappa shape index (κ2) is 22.5. The third-order valence-electron chi connectivity index (χ3n) is 3.38. The van der Waals surface area contributed by atoms with E-state index in [2.05, 4.69) is 6.92 Å². The van der Waals surface area contributed by atoms with Crippen LogP contribution in [0, 0.1) is 0 Å². The molecule has 0 spiro atoms. The number of rotatable bonds is 14. The van der Waals surface area contributed by atoms with Gasteiger partial charge in [0, 0.05) is 0 Å². The van der Waals surface area contributed by atoms with Gasteiger partial charge in [0.25, 0.3) is 0 Å². The summed E-state index contributed by atoms with van der Waals surface area (Å²) in [6.45, 7) is 2.27. The molecule has 0 atom stereocenters. The summed E-state index contributed by atoms with van der Waals surface area (Å²) in [4.78, 5) is 9.98. The van der Waals surface area contributed by atoms with E-state index in [1.807, 2.05) is 6.29 Å². The summed E-state index contributed by atoms with van der Waals surface area (Å²) in [6.07, 6.45) is 20.2. The first kappa shape index (κ1) is 28.3. The standard InChI is InChI=1S/C16H31O.Na.H2O4S/c1-2-3-4-5-6-7-8-9-10-11-12-13-14-15-16-17;;1-5(2,3)4/h2-15H2,1H3;;(H2,1,2,3,4)/q-1;+1;. The minimum Gasteiger partial charge on any atom is -0.542 e. The molecule has 7 heteroatoms. The molecule has 0 amide bonds. The van der Waals surface area contributed by atoms with Gasteiger partial charge >= 0.3 is 40.0 Å². The Morgan fingerprint density at radius 2 is 0.957 bits per heavy atom. The molecule has 0 aromatic heterocycles. The Balaban J connectivity index is -0.000000578. The molecule has 0 aromatic carbocycles. The first-order chi connectivity index (χ1) is 10.4. The molecule has 134 valence electrons. The van der Waals surface area contributed by atoms with E-state index >= 15 is 0 Å². The van der Waals surface area contributed by atoms with Crippen LogP contribution in [0.2, 0.25) is 0 Å². The van der Waals surface area contributed by atoms with Gasteiger partial charge < -0.3 is 4.79 Å². The van der Waals surface area contributed by atoms with Crippen molar-refractivity contribution in [3.63, 3.8) is 0 Å². The maximum Gasteiger partial charge on any atom is 1.00 e. The van der Waals surface area contributed by atoms with Crippen LogP contribution in [0.3, 0.4) is 0 Å². The number of carbonyl (C=O) groups excluding carboxylic acids is 1. The van der Waals surface area contributed by atoms with Crippen molar-refractivity contribution in [3.8, 4) is 0 Å². The third kappa shape index (κ3) is 45.0. The summed E-state index contributed by atoms with van der Waals surface area (Å²) in [5.74, 6) is 0. The van der Waals surface area contributed by atoms with E-state index < -0.39 is 10.4 Å². The SMILES string of the molecule is CCCCCCCCCCCCCCC[C-]=O.O=S(=O)(O)O.[Na+]. The molecule has 0 unspecified atom stereocenters. The topological polar surface area (TPSA) is 91.7 Å². The first-order valence-corrected chi connectivity index (χ1v) is 9.86. The fourth-order valence-corrected chi connectivity index (χ4v) is 2.21. The average molecular weight is 360 g/mol. The molecule has 0 saturated carbocycles. The van der Waals surface area contributed by atoms with Gasteiger partial charge in [0.05, 0.1) is 0 Å². The smallest absolute Gasteiger partial charge is 0.542 e. The second-order valence-electron chi connectivity index (χ2n) is 5.58. The fraction of sp³-hybridized carbons (Fsp3) is 0.938.